The summed E-state index contributed by atoms with van der Waals surface area (Å²) < 4.78 is 96.4. The van der Waals surface area contributed by atoms with E-state index in [-0.39, 0.29) is 61.2 Å². The zero-order chi connectivity index (χ0) is 49.7. The van der Waals surface area contributed by atoms with Gasteiger partial charge in [0.1, 0.15) is 0 Å². The highest BCUT2D eigenvalue weighted by Crippen LogP contribution is 2.42. The van der Waals surface area contributed by atoms with Gasteiger partial charge in [0.05, 0.1) is 35.8 Å². The molecule has 12 rings (SSSR count). The fraction of sp³-hybridized carbons (Fsp3) is 0. The molecule has 0 saturated heterocycles. The molecule has 0 spiro atoms. The summed E-state index contributed by atoms with van der Waals surface area (Å²) in [6.45, 7) is 0. The summed E-state index contributed by atoms with van der Waals surface area (Å²) >= 11 is 0. The van der Waals surface area contributed by atoms with Crippen molar-refractivity contribution in [3.63, 3.8) is 0 Å². The molecule has 0 bridgehead atoms. The van der Waals surface area contributed by atoms with Gasteiger partial charge in [-0.1, -0.05) is 194 Å². The molecule has 5 heteroatoms. The van der Waals surface area contributed by atoms with Crippen LogP contribution in [0, 0.1) is 0 Å². The summed E-state index contributed by atoms with van der Waals surface area (Å²) in [5.74, 6) is 0.403. The zero-order valence-electron chi connectivity index (χ0n) is 42.8. The van der Waals surface area contributed by atoms with Crippen LogP contribution in [0.3, 0.4) is 0 Å². The van der Waals surface area contributed by atoms with Crippen LogP contribution in [0.2, 0.25) is 0 Å². The van der Waals surface area contributed by atoms with E-state index in [1.54, 1.807) is 10.6 Å². The molecule has 3 aromatic heterocycles. The minimum Gasteiger partial charge on any atom is -0.307 e. The van der Waals surface area contributed by atoms with Gasteiger partial charge in [0.2, 0.25) is 5.95 Å². The average molecular weight is 802 g/mol. The van der Waals surface area contributed by atoms with Crippen molar-refractivity contribution in [1.29, 1.82) is 0 Å². The first-order valence-corrected chi connectivity index (χ1v) is 20.1. The molecule has 0 aliphatic carbocycles. The second-order valence-corrected chi connectivity index (χ2v) is 14.9. The molecule has 62 heavy (non-hydrogen) atoms. The van der Waals surface area contributed by atoms with Crippen molar-refractivity contribution in [2.45, 2.75) is 0 Å². The minimum absolute atomic E-state index is 0.0101. The van der Waals surface area contributed by atoms with Crippen molar-refractivity contribution in [2.75, 3.05) is 0 Å². The summed E-state index contributed by atoms with van der Waals surface area (Å²) in [6, 6.07) is 47.6. The zero-order valence-corrected chi connectivity index (χ0v) is 32.8. The maximum absolute atomic E-state index is 9.80. The average Bonchev–Trinajstić information content (AvgIpc) is 3.98. The van der Waals surface area contributed by atoms with Gasteiger partial charge < -0.3 is 4.57 Å². The van der Waals surface area contributed by atoms with Gasteiger partial charge >= 0.3 is 0 Å². The van der Waals surface area contributed by atoms with Gasteiger partial charge in [-0.2, -0.15) is 9.97 Å². The monoisotopic (exact) mass is 801 g/mol. The van der Waals surface area contributed by atoms with Gasteiger partial charge in [0, 0.05) is 38.4 Å². The highest BCUT2D eigenvalue weighted by atomic mass is 15.2. The van der Waals surface area contributed by atoms with Crippen molar-refractivity contribution < 1.29 is 13.7 Å². The number of rotatable bonds is 7. The SMILES string of the molecule is [2H]c1c([2H])c([2H])c2c(c1[2H])c1c([2H])c([2H])c3c4c([2H])c([2H])c([2H])c([2H])c4n(-c4nc(-c5ccccc5)nc(-c5ccc(-c6ccccc6)cc5)n4)c3c1n2-c1cccc(-c2cccc(-c3ccccc3)c2)c1. The van der Waals surface area contributed by atoms with Crippen LogP contribution >= 0.6 is 0 Å². The number of hydrogen-bond acceptors (Lipinski definition) is 3. The largest absolute Gasteiger partial charge is 0.307 e. The predicted octanol–water partition coefficient (Wildman–Crippen LogP) is 14.4. The lowest BCUT2D eigenvalue weighted by molar-refractivity contribution is 0.953. The van der Waals surface area contributed by atoms with E-state index < -0.39 is 60.4 Å². The Morgan fingerprint density at radius 1 is 0.323 bits per heavy atom. The molecule has 0 aliphatic heterocycles. The van der Waals surface area contributed by atoms with Gasteiger partial charge in [-0.15, -0.1) is 0 Å². The highest BCUT2D eigenvalue weighted by Gasteiger charge is 2.23. The van der Waals surface area contributed by atoms with E-state index in [4.69, 9.17) is 20.4 Å². The lowest BCUT2D eigenvalue weighted by atomic mass is 9.99. The van der Waals surface area contributed by atoms with Crippen LogP contribution in [0.4, 0.5) is 0 Å². The van der Waals surface area contributed by atoms with E-state index in [1.165, 1.54) is 4.57 Å². The summed E-state index contributed by atoms with van der Waals surface area (Å²) in [4.78, 5) is 15.1. The highest BCUT2D eigenvalue weighted by molar-refractivity contribution is 6.23. The summed E-state index contributed by atoms with van der Waals surface area (Å²) in [5, 5.41) is -0.0750. The van der Waals surface area contributed by atoms with Gasteiger partial charge in [-0.3, -0.25) is 4.57 Å². The number of nitrogens with zero attached hydrogens (tertiary/aromatic N) is 5. The van der Waals surface area contributed by atoms with Crippen molar-refractivity contribution in [3.05, 3.63) is 224 Å². The molecule has 9 aromatic carbocycles. The van der Waals surface area contributed by atoms with E-state index in [9.17, 15) is 8.22 Å². The Hall–Kier alpha value is -8.41. The number of aromatic nitrogens is 5. The van der Waals surface area contributed by atoms with Crippen molar-refractivity contribution in [3.8, 4) is 67.8 Å². The Morgan fingerprint density at radius 3 is 1.35 bits per heavy atom. The van der Waals surface area contributed by atoms with Crippen LogP contribution in [0.1, 0.15) is 13.7 Å². The first-order valence-electron chi connectivity index (χ1n) is 25.1. The van der Waals surface area contributed by atoms with Crippen LogP contribution in [0.25, 0.3) is 111 Å². The fourth-order valence-corrected chi connectivity index (χ4v) is 8.35. The van der Waals surface area contributed by atoms with E-state index >= 15 is 0 Å². The van der Waals surface area contributed by atoms with Gasteiger partial charge in [-0.25, -0.2) is 4.98 Å². The normalized spacial score (nSPS) is 13.8. The molecule has 0 aliphatic rings. The number of fused-ring (bicyclic) bond motifs is 7. The molecule has 5 nitrogen and oxygen atoms in total. The smallest absolute Gasteiger partial charge is 0.238 e. The van der Waals surface area contributed by atoms with Gasteiger partial charge in [0.15, 0.2) is 11.6 Å². The second kappa shape index (κ2) is 14.7. The predicted molar refractivity (Wildman–Crippen MR) is 256 cm³/mol. The van der Waals surface area contributed by atoms with Crippen LogP contribution in [-0.2, 0) is 0 Å². The molecule has 0 unspecified atom stereocenters. The maximum atomic E-state index is 9.80. The summed E-state index contributed by atoms with van der Waals surface area (Å²) in [5.41, 5.74) is 7.48. The Labute approximate surface area is 372 Å². The fourth-order valence-electron chi connectivity index (χ4n) is 8.35. The third kappa shape index (κ3) is 5.98. The number of benzene rings is 9. The minimum atomic E-state index is -0.553. The first-order chi connectivity index (χ1) is 34.9. The molecule has 0 atom stereocenters. The molecular formula is C57H37N5. The Balaban J connectivity index is 1.25. The molecule has 290 valence electrons. The molecule has 0 N–H and O–H groups in total. The standard InChI is InChI=1S/C57H37N5/c1-4-16-38(17-5-1)40-30-32-42(33-31-40)56-58-55(41-20-8-3-9-21-41)59-57(60-56)62-52-29-13-11-27-48(52)50-35-34-49-47-26-10-12-28-51(47)61(53(49)54(50)62)46-25-15-24-45(37-46)44-23-14-22-43(36-44)39-18-6-2-7-19-39/h1-37H/i10D,11D,12D,13D,26D,27D,28D,29D,34D,35D. The molecule has 0 fully saturated rings. The van der Waals surface area contributed by atoms with E-state index in [1.807, 2.05) is 152 Å². The van der Waals surface area contributed by atoms with Crippen LogP contribution in [0.5, 0.6) is 0 Å². The van der Waals surface area contributed by atoms with E-state index in [0.29, 0.717) is 16.8 Å². The Morgan fingerprint density at radius 2 is 0.742 bits per heavy atom. The first kappa shape index (κ1) is 26.6. The molecule has 0 saturated carbocycles. The number of hydrogen-bond donors (Lipinski definition) is 0. The molecule has 0 radical (unpaired) electrons. The van der Waals surface area contributed by atoms with E-state index in [0.717, 1.165) is 33.4 Å². The molecule has 0 amide bonds. The third-order valence-corrected chi connectivity index (χ3v) is 11.3. The van der Waals surface area contributed by atoms with Crippen LogP contribution < -0.4 is 0 Å². The van der Waals surface area contributed by atoms with Crippen molar-refractivity contribution in [1.82, 2.24) is 24.1 Å². The van der Waals surface area contributed by atoms with Crippen LogP contribution in [0.15, 0.2) is 224 Å². The lowest BCUT2D eigenvalue weighted by Crippen LogP contribution is -2.07. The van der Waals surface area contributed by atoms with Gasteiger partial charge in [0.25, 0.3) is 0 Å². The van der Waals surface area contributed by atoms with Crippen molar-refractivity contribution >= 4 is 43.6 Å². The Bertz CT molecular complexity index is 4200. The van der Waals surface area contributed by atoms with Gasteiger partial charge in [-0.05, 0) is 63.7 Å². The maximum Gasteiger partial charge on any atom is 0.238 e. The quantitative estimate of drug-likeness (QED) is 0.161. The molecule has 3 heterocycles. The van der Waals surface area contributed by atoms with E-state index in [2.05, 4.69) is 6.07 Å². The molecular weight excluding hydrogens is 755 g/mol. The lowest BCUT2D eigenvalue weighted by Gasteiger charge is -2.14. The third-order valence-electron chi connectivity index (χ3n) is 11.3. The number of para-hydroxylation sites is 2. The summed E-state index contributed by atoms with van der Waals surface area (Å²) in [6.07, 6.45) is 0. The molecule has 12 aromatic rings. The summed E-state index contributed by atoms with van der Waals surface area (Å²) in [7, 11) is 0. The second-order valence-electron chi connectivity index (χ2n) is 14.9. The van der Waals surface area contributed by atoms with Crippen molar-refractivity contribution in [2.24, 2.45) is 0 Å². The van der Waals surface area contributed by atoms with Crippen LogP contribution in [-0.4, -0.2) is 24.1 Å². The topological polar surface area (TPSA) is 48.5 Å². The Kier molecular flexibility index (Phi) is 6.31.